The molecule has 25 heavy (non-hydrogen) atoms. The summed E-state index contributed by atoms with van der Waals surface area (Å²) in [6.07, 6.45) is 2.11. The summed E-state index contributed by atoms with van der Waals surface area (Å²) >= 11 is 0. The average molecular weight is 368 g/mol. The van der Waals surface area contributed by atoms with Crippen molar-refractivity contribution < 1.29 is 17.9 Å². The van der Waals surface area contributed by atoms with Gasteiger partial charge in [0.1, 0.15) is 5.75 Å². The lowest BCUT2D eigenvalue weighted by Crippen LogP contribution is -2.72. The van der Waals surface area contributed by atoms with Gasteiger partial charge in [-0.15, -0.1) is 0 Å². The zero-order chi connectivity index (χ0) is 18.1. The van der Waals surface area contributed by atoms with Gasteiger partial charge in [-0.1, -0.05) is 6.07 Å². The van der Waals surface area contributed by atoms with Crippen LogP contribution in [0.3, 0.4) is 0 Å². The van der Waals surface area contributed by atoms with Crippen LogP contribution in [0.1, 0.15) is 19.8 Å². The maximum Gasteiger partial charge on any atom is 0.243 e. The monoisotopic (exact) mass is 368 g/mol. The largest absolute Gasteiger partial charge is 0.497 e. The van der Waals surface area contributed by atoms with Crippen molar-refractivity contribution in [3.05, 3.63) is 24.3 Å². The summed E-state index contributed by atoms with van der Waals surface area (Å²) in [7, 11) is 0.172. The number of benzene rings is 1. The first-order chi connectivity index (χ1) is 11.9. The molecule has 2 saturated heterocycles. The fourth-order valence-corrected chi connectivity index (χ4v) is 5.53. The maximum absolute atomic E-state index is 12.9. The summed E-state index contributed by atoms with van der Waals surface area (Å²) in [6.45, 7) is 5.60. The van der Waals surface area contributed by atoms with Crippen LogP contribution in [0.15, 0.2) is 29.2 Å². The number of methoxy groups -OCH3 is 1. The number of likely N-dealkylation sites (tertiary alicyclic amines) is 1. The third kappa shape index (κ3) is 3.56. The van der Waals surface area contributed by atoms with Gasteiger partial charge in [0.2, 0.25) is 10.0 Å². The lowest BCUT2D eigenvalue weighted by Gasteiger charge is -2.57. The van der Waals surface area contributed by atoms with Crippen LogP contribution in [0.25, 0.3) is 0 Å². The highest BCUT2D eigenvalue weighted by Gasteiger charge is 2.53. The number of nitrogens with zero attached hydrogens (tertiary/aromatic N) is 2. The van der Waals surface area contributed by atoms with E-state index in [0.29, 0.717) is 29.7 Å². The number of likely N-dealkylation sites (N-methyl/N-ethyl adjacent to an activating group) is 1. The predicted molar refractivity (Wildman–Crippen MR) is 96.3 cm³/mol. The highest BCUT2D eigenvalue weighted by atomic mass is 32.2. The number of ether oxygens (including phenoxy) is 2. The molecule has 2 fully saturated rings. The van der Waals surface area contributed by atoms with E-state index in [0.717, 1.165) is 32.6 Å². The van der Waals surface area contributed by atoms with Crippen molar-refractivity contribution in [2.75, 3.05) is 47.0 Å². The fraction of sp³-hybridized carbons (Fsp3) is 0.667. The molecule has 140 valence electrons. The molecule has 2 aliphatic heterocycles. The van der Waals surface area contributed by atoms with Crippen LogP contribution in [0, 0.1) is 5.92 Å². The van der Waals surface area contributed by atoms with Crippen LogP contribution in [-0.4, -0.2) is 70.2 Å². The van der Waals surface area contributed by atoms with Crippen molar-refractivity contribution in [2.24, 2.45) is 5.92 Å². The molecule has 2 aliphatic rings. The fourth-order valence-electron chi connectivity index (χ4n) is 3.90. The molecule has 1 aromatic carbocycles. The molecular formula is C18H28N2O4S. The smallest absolute Gasteiger partial charge is 0.243 e. The first-order valence-electron chi connectivity index (χ1n) is 8.84. The second-order valence-corrected chi connectivity index (χ2v) is 9.05. The third-order valence-electron chi connectivity index (χ3n) is 5.53. The minimum atomic E-state index is -3.47. The lowest BCUT2D eigenvalue weighted by molar-refractivity contribution is -0.0576. The zero-order valence-electron chi connectivity index (χ0n) is 15.3. The van der Waals surface area contributed by atoms with Crippen molar-refractivity contribution in [1.82, 2.24) is 9.21 Å². The van der Waals surface area contributed by atoms with Crippen LogP contribution < -0.4 is 4.74 Å². The van der Waals surface area contributed by atoms with Crippen LogP contribution in [0.4, 0.5) is 0 Å². The Morgan fingerprint density at radius 3 is 2.76 bits per heavy atom. The number of rotatable bonds is 6. The van der Waals surface area contributed by atoms with Gasteiger partial charge < -0.3 is 9.47 Å². The van der Waals surface area contributed by atoms with E-state index in [1.807, 2.05) is 6.92 Å². The Morgan fingerprint density at radius 2 is 2.08 bits per heavy atom. The molecular weight excluding hydrogens is 340 g/mol. The van der Waals surface area contributed by atoms with Crippen molar-refractivity contribution in [3.8, 4) is 5.75 Å². The van der Waals surface area contributed by atoms with Crippen LogP contribution in [0.2, 0.25) is 0 Å². The Kier molecular flexibility index (Phi) is 5.39. The topological polar surface area (TPSA) is 59.1 Å². The Hall–Kier alpha value is -1.15. The van der Waals surface area contributed by atoms with Crippen molar-refractivity contribution >= 4 is 10.0 Å². The minimum absolute atomic E-state index is 0.0496. The quantitative estimate of drug-likeness (QED) is 0.767. The number of piperidine rings is 1. The summed E-state index contributed by atoms with van der Waals surface area (Å²) < 4.78 is 38.1. The number of hydrogen-bond acceptors (Lipinski definition) is 5. The SMILES string of the molecule is CCOC[C@H]1CCN(C)C2(C1)CN(S(=O)(=O)c1cccc(OC)c1)C2. The molecule has 0 saturated carbocycles. The van der Waals surface area contributed by atoms with Gasteiger partial charge in [-0.3, -0.25) is 4.90 Å². The Labute approximate surface area is 150 Å². The Balaban J connectivity index is 1.71. The Morgan fingerprint density at radius 1 is 1.32 bits per heavy atom. The van der Waals surface area contributed by atoms with Gasteiger partial charge in [0, 0.05) is 37.9 Å². The molecule has 0 radical (unpaired) electrons. The molecule has 1 spiro atoms. The third-order valence-corrected chi connectivity index (χ3v) is 7.32. The molecule has 6 nitrogen and oxygen atoms in total. The van der Waals surface area contributed by atoms with Gasteiger partial charge in [0.25, 0.3) is 0 Å². The van der Waals surface area contributed by atoms with Gasteiger partial charge in [-0.05, 0) is 51.4 Å². The molecule has 0 aliphatic carbocycles. The summed E-state index contributed by atoms with van der Waals surface area (Å²) in [5, 5.41) is 0. The molecule has 1 aromatic rings. The van der Waals surface area contributed by atoms with Crippen molar-refractivity contribution in [2.45, 2.75) is 30.2 Å². The second kappa shape index (κ2) is 7.23. The zero-order valence-corrected chi connectivity index (χ0v) is 16.1. The normalized spacial score (nSPS) is 24.2. The average Bonchev–Trinajstić information content (AvgIpc) is 2.59. The predicted octanol–water partition coefficient (Wildman–Crippen LogP) is 1.82. The van der Waals surface area contributed by atoms with E-state index < -0.39 is 10.0 Å². The lowest BCUT2D eigenvalue weighted by atomic mass is 9.77. The molecule has 2 heterocycles. The van der Waals surface area contributed by atoms with Gasteiger partial charge in [0.15, 0.2) is 0 Å². The Bertz CT molecular complexity index is 699. The van der Waals surface area contributed by atoms with Crippen LogP contribution in [-0.2, 0) is 14.8 Å². The molecule has 1 atom stereocenters. The van der Waals surface area contributed by atoms with E-state index in [1.165, 1.54) is 0 Å². The molecule has 3 rings (SSSR count). The van der Waals surface area contributed by atoms with Gasteiger partial charge in [0.05, 0.1) is 12.0 Å². The molecule has 0 amide bonds. The second-order valence-electron chi connectivity index (χ2n) is 7.12. The van der Waals surface area contributed by atoms with E-state index >= 15 is 0 Å². The van der Waals surface area contributed by atoms with Gasteiger partial charge in [-0.25, -0.2) is 8.42 Å². The molecule has 7 heteroatoms. The van der Waals surface area contributed by atoms with Crippen molar-refractivity contribution in [1.29, 1.82) is 0 Å². The van der Waals surface area contributed by atoms with Gasteiger partial charge >= 0.3 is 0 Å². The highest BCUT2D eigenvalue weighted by Crippen LogP contribution is 2.40. The standard InChI is InChI=1S/C18H28N2O4S/c1-4-24-12-15-8-9-19(2)18(11-15)13-20(14-18)25(21,22)17-7-5-6-16(10-17)23-3/h5-7,10,15H,4,8-9,11-14H2,1-3H3/t15-/m0/s1. The van der Waals surface area contributed by atoms with Gasteiger partial charge in [-0.2, -0.15) is 4.31 Å². The van der Waals surface area contributed by atoms with E-state index in [2.05, 4.69) is 11.9 Å². The van der Waals surface area contributed by atoms with E-state index in [1.54, 1.807) is 35.7 Å². The summed E-state index contributed by atoms with van der Waals surface area (Å²) in [5.74, 6) is 1.07. The number of sulfonamides is 1. The van der Waals surface area contributed by atoms with Crippen molar-refractivity contribution in [3.63, 3.8) is 0 Å². The van der Waals surface area contributed by atoms with E-state index in [-0.39, 0.29) is 5.54 Å². The first kappa shape index (κ1) is 18.6. The first-order valence-corrected chi connectivity index (χ1v) is 10.3. The molecule has 0 unspecified atom stereocenters. The van der Waals surface area contributed by atoms with Crippen LogP contribution in [0.5, 0.6) is 5.75 Å². The number of hydrogen-bond donors (Lipinski definition) is 0. The molecule has 0 bridgehead atoms. The summed E-state index contributed by atoms with van der Waals surface area (Å²) in [6, 6.07) is 6.68. The maximum atomic E-state index is 12.9. The van der Waals surface area contributed by atoms with E-state index in [9.17, 15) is 8.42 Å². The van der Waals surface area contributed by atoms with Crippen LogP contribution >= 0.6 is 0 Å². The summed E-state index contributed by atoms with van der Waals surface area (Å²) in [4.78, 5) is 2.62. The highest BCUT2D eigenvalue weighted by molar-refractivity contribution is 7.89. The van der Waals surface area contributed by atoms with E-state index in [4.69, 9.17) is 9.47 Å². The molecule has 0 aromatic heterocycles. The minimum Gasteiger partial charge on any atom is -0.497 e. The molecule has 0 N–H and O–H groups in total. The summed E-state index contributed by atoms with van der Waals surface area (Å²) in [5.41, 5.74) is -0.0496.